The number of aliphatic hydroxyl groups excluding tert-OH is 1. The van der Waals surface area contributed by atoms with E-state index in [-0.39, 0.29) is 18.1 Å². The zero-order chi connectivity index (χ0) is 21.0. The number of H-pyrrole nitrogens is 1. The molecular weight excluding hydrogens is 383 g/mol. The van der Waals surface area contributed by atoms with Crippen LogP contribution in [0.4, 0.5) is 5.95 Å². The molecule has 1 aliphatic carbocycles. The fraction of sp³-hybridized carbons (Fsp3) is 0.455. The summed E-state index contributed by atoms with van der Waals surface area (Å²) in [6.45, 7) is 10.2. The number of hydrogen-bond donors (Lipinski definition) is 3. The van der Waals surface area contributed by atoms with Crippen LogP contribution in [-0.4, -0.2) is 46.0 Å². The molecule has 0 spiro atoms. The van der Waals surface area contributed by atoms with Gasteiger partial charge in [0.1, 0.15) is 7.14 Å². The van der Waals surface area contributed by atoms with Gasteiger partial charge in [0.25, 0.3) is 0 Å². The lowest BCUT2D eigenvalue weighted by molar-refractivity contribution is 0.282. The van der Waals surface area contributed by atoms with Gasteiger partial charge in [-0.15, -0.1) is 0 Å². The third kappa shape index (κ3) is 3.49. The predicted molar refractivity (Wildman–Crippen MR) is 120 cm³/mol. The average Bonchev–Trinajstić information content (AvgIpc) is 3.02. The Morgan fingerprint density at radius 2 is 2.10 bits per heavy atom. The smallest absolute Gasteiger partial charge is 0.223 e. The first kappa shape index (κ1) is 20.1. The minimum atomic E-state index is -2.43. The van der Waals surface area contributed by atoms with E-state index in [4.69, 9.17) is 10.1 Å². The molecule has 1 aromatic carbocycles. The van der Waals surface area contributed by atoms with Gasteiger partial charge < -0.3 is 20.0 Å². The van der Waals surface area contributed by atoms with Gasteiger partial charge in [-0.3, -0.25) is 0 Å². The minimum absolute atomic E-state index is 0.0817. The van der Waals surface area contributed by atoms with Crippen molar-refractivity contribution in [3.63, 3.8) is 0 Å². The molecule has 154 valence electrons. The van der Waals surface area contributed by atoms with Crippen LogP contribution in [0.3, 0.4) is 0 Å². The highest BCUT2D eigenvalue weighted by Gasteiger charge is 2.36. The number of fused-ring (bicyclic) bond motifs is 5. The lowest BCUT2D eigenvalue weighted by atomic mass is 9.75. The molecule has 0 saturated heterocycles. The van der Waals surface area contributed by atoms with Crippen LogP contribution in [0.1, 0.15) is 38.4 Å². The molecule has 0 fully saturated rings. The first-order chi connectivity index (χ1) is 13.6. The van der Waals surface area contributed by atoms with Crippen LogP contribution < -0.4 is 10.6 Å². The van der Waals surface area contributed by atoms with Gasteiger partial charge in [-0.25, -0.2) is 9.97 Å². The molecule has 2 aromatic heterocycles. The van der Waals surface area contributed by atoms with Crippen LogP contribution in [0, 0.1) is 0 Å². The van der Waals surface area contributed by atoms with E-state index in [1.807, 2.05) is 38.6 Å². The molecule has 0 radical (unpaired) electrons. The Morgan fingerprint density at radius 3 is 2.79 bits per heavy atom. The van der Waals surface area contributed by atoms with Crippen molar-refractivity contribution in [2.75, 3.05) is 25.3 Å². The fourth-order valence-electron chi connectivity index (χ4n) is 4.28. The van der Waals surface area contributed by atoms with Crippen molar-refractivity contribution < 1.29 is 9.67 Å². The highest BCUT2D eigenvalue weighted by Crippen LogP contribution is 2.47. The van der Waals surface area contributed by atoms with Crippen LogP contribution in [0.5, 0.6) is 0 Å². The number of benzene rings is 1. The molecule has 2 heterocycles. The number of para-hydroxylation sites is 1. The van der Waals surface area contributed by atoms with Crippen LogP contribution in [0.15, 0.2) is 24.4 Å². The van der Waals surface area contributed by atoms with E-state index in [1.165, 1.54) is 0 Å². The van der Waals surface area contributed by atoms with Crippen molar-refractivity contribution in [3.8, 4) is 11.3 Å². The summed E-state index contributed by atoms with van der Waals surface area (Å²) >= 11 is 0. The van der Waals surface area contributed by atoms with E-state index in [2.05, 4.69) is 35.2 Å². The number of rotatable bonds is 5. The van der Waals surface area contributed by atoms with Crippen LogP contribution in [0.25, 0.3) is 22.2 Å². The van der Waals surface area contributed by atoms with Gasteiger partial charge in [0, 0.05) is 46.2 Å². The van der Waals surface area contributed by atoms with Crippen LogP contribution >= 0.6 is 7.14 Å². The molecule has 0 aliphatic heterocycles. The van der Waals surface area contributed by atoms with Crippen molar-refractivity contribution in [1.29, 1.82) is 0 Å². The monoisotopic (exact) mass is 412 g/mol. The maximum atomic E-state index is 12.9. The number of hydrogen-bond acceptors (Lipinski definition) is 5. The number of aliphatic hydroxyl groups is 1. The molecular formula is C22H29N4O2P. The maximum Gasteiger partial charge on any atom is 0.223 e. The van der Waals surface area contributed by atoms with Crippen LogP contribution in [0.2, 0.25) is 0 Å². The zero-order valence-corrected chi connectivity index (χ0v) is 18.6. The third-order valence-electron chi connectivity index (χ3n) is 5.74. The summed E-state index contributed by atoms with van der Waals surface area (Å²) in [5.74, 6) is 0.567. The predicted octanol–water partition coefficient (Wildman–Crippen LogP) is 3.89. The molecule has 6 nitrogen and oxygen atoms in total. The van der Waals surface area contributed by atoms with E-state index < -0.39 is 7.14 Å². The largest absolute Gasteiger partial charge is 0.396 e. The number of aromatic nitrogens is 3. The average molecular weight is 412 g/mol. The van der Waals surface area contributed by atoms with Gasteiger partial charge in [0.05, 0.1) is 11.2 Å². The van der Waals surface area contributed by atoms with Gasteiger partial charge in [-0.2, -0.15) is 0 Å². The van der Waals surface area contributed by atoms with Crippen molar-refractivity contribution in [2.24, 2.45) is 0 Å². The van der Waals surface area contributed by atoms with E-state index in [0.717, 1.165) is 45.1 Å². The quantitative estimate of drug-likeness (QED) is 0.553. The minimum Gasteiger partial charge on any atom is -0.396 e. The van der Waals surface area contributed by atoms with Gasteiger partial charge >= 0.3 is 0 Å². The second kappa shape index (κ2) is 6.96. The Balaban J connectivity index is 1.94. The molecule has 0 saturated carbocycles. The van der Waals surface area contributed by atoms with E-state index in [9.17, 15) is 4.57 Å². The summed E-state index contributed by atoms with van der Waals surface area (Å²) in [5.41, 5.74) is 5.11. The lowest BCUT2D eigenvalue weighted by Gasteiger charge is -2.31. The van der Waals surface area contributed by atoms with E-state index in [1.54, 1.807) is 0 Å². The second-order valence-electron chi connectivity index (χ2n) is 9.11. The Labute approximate surface area is 171 Å². The zero-order valence-electron chi connectivity index (χ0n) is 17.7. The van der Waals surface area contributed by atoms with Gasteiger partial charge in [-0.05, 0) is 44.7 Å². The maximum absolute atomic E-state index is 12.9. The molecule has 3 aromatic rings. The fourth-order valence-corrected chi connectivity index (χ4v) is 5.44. The summed E-state index contributed by atoms with van der Waals surface area (Å²) in [7, 11) is -2.43. The molecule has 1 aliphatic rings. The number of anilines is 1. The van der Waals surface area contributed by atoms with Crippen molar-refractivity contribution >= 4 is 29.3 Å². The van der Waals surface area contributed by atoms with Crippen molar-refractivity contribution in [3.05, 3.63) is 35.7 Å². The first-order valence-corrected chi connectivity index (χ1v) is 12.7. The number of nitrogens with zero attached hydrogens (tertiary/aromatic N) is 2. The Hall–Kier alpha value is -2.17. The molecule has 0 amide bonds. The lowest BCUT2D eigenvalue weighted by Crippen LogP contribution is -2.27. The molecule has 29 heavy (non-hydrogen) atoms. The SMILES string of the molecule is C[C@@H](CCO)Nc1ncc2c(n1)-c1c([nH]c3c(P(C)(C)=O)cccc13)C(C)(C)C2. The highest BCUT2D eigenvalue weighted by atomic mass is 31.2. The standard InChI is InChI=1S/C22H29N4O2P/c1-13(9-10-27)24-21-23-12-14-11-22(2,3)20-17(18(14)26-21)15-7-6-8-16(19(15)25-20)29(4,5)28/h6-8,12-13,25,27H,9-11H2,1-5H3,(H,23,24,26)/t13-/m0/s1. The van der Waals surface area contributed by atoms with Gasteiger partial charge in [-0.1, -0.05) is 26.0 Å². The second-order valence-corrected chi connectivity index (χ2v) is 12.3. The summed E-state index contributed by atoms with van der Waals surface area (Å²) in [6, 6.07) is 6.11. The normalized spacial score (nSPS) is 16.3. The van der Waals surface area contributed by atoms with Gasteiger partial charge in [0.15, 0.2) is 0 Å². The third-order valence-corrected chi connectivity index (χ3v) is 7.27. The first-order valence-electron chi connectivity index (χ1n) is 10.1. The van der Waals surface area contributed by atoms with E-state index >= 15 is 0 Å². The summed E-state index contributed by atoms with van der Waals surface area (Å²) < 4.78 is 12.9. The molecule has 7 heteroatoms. The molecule has 4 rings (SSSR count). The highest BCUT2D eigenvalue weighted by molar-refractivity contribution is 7.70. The Bertz CT molecular complexity index is 1130. The summed E-state index contributed by atoms with van der Waals surface area (Å²) in [4.78, 5) is 13.0. The number of nitrogens with one attached hydrogen (secondary N) is 2. The Kier molecular flexibility index (Phi) is 4.83. The topological polar surface area (TPSA) is 90.9 Å². The summed E-state index contributed by atoms with van der Waals surface area (Å²) in [5, 5.41) is 14.4. The molecule has 1 atom stereocenters. The number of aromatic amines is 1. The van der Waals surface area contributed by atoms with Crippen molar-refractivity contribution in [1.82, 2.24) is 15.0 Å². The molecule has 0 unspecified atom stereocenters. The van der Waals surface area contributed by atoms with E-state index in [0.29, 0.717) is 12.4 Å². The molecule has 3 N–H and O–H groups in total. The Morgan fingerprint density at radius 1 is 1.34 bits per heavy atom. The molecule has 0 bridgehead atoms. The summed E-state index contributed by atoms with van der Waals surface area (Å²) in [6.07, 6.45) is 3.38. The van der Waals surface area contributed by atoms with Crippen LogP contribution in [-0.2, 0) is 16.4 Å². The van der Waals surface area contributed by atoms with Crippen molar-refractivity contribution in [2.45, 2.75) is 45.1 Å². The van der Waals surface area contributed by atoms with Gasteiger partial charge in [0.2, 0.25) is 5.95 Å².